The van der Waals surface area contributed by atoms with Crippen LogP contribution in [0.25, 0.3) is 0 Å². The van der Waals surface area contributed by atoms with Gasteiger partial charge in [0.1, 0.15) is 0 Å². The summed E-state index contributed by atoms with van der Waals surface area (Å²) in [5, 5.41) is 3.49. The molecule has 0 aromatic carbocycles. The second-order valence-corrected chi connectivity index (χ2v) is 6.73. The molecule has 0 aromatic rings. The first-order chi connectivity index (χ1) is 9.13. The Hall–Kier alpha value is -0.0800. The van der Waals surface area contributed by atoms with Crippen LogP contribution in [0.15, 0.2) is 0 Å². The standard InChI is InChI=1S/C17H36N2/c1-5-16-9-11-17(12-10-16)19(4)14-8-6-7-13-18-15(2)3/h15-18H,5-14H2,1-4H3. The summed E-state index contributed by atoms with van der Waals surface area (Å²) in [7, 11) is 2.34. The van der Waals surface area contributed by atoms with Crippen LogP contribution in [-0.4, -0.2) is 37.1 Å². The van der Waals surface area contributed by atoms with Crippen LogP contribution in [0.4, 0.5) is 0 Å². The van der Waals surface area contributed by atoms with Gasteiger partial charge in [-0.3, -0.25) is 0 Å². The van der Waals surface area contributed by atoms with Crippen LogP contribution >= 0.6 is 0 Å². The third kappa shape index (κ3) is 7.31. The van der Waals surface area contributed by atoms with Crippen molar-refractivity contribution in [3.63, 3.8) is 0 Å². The minimum atomic E-state index is 0.636. The Labute approximate surface area is 121 Å². The van der Waals surface area contributed by atoms with E-state index in [4.69, 9.17) is 0 Å². The first-order valence-electron chi connectivity index (χ1n) is 8.57. The number of unbranched alkanes of at least 4 members (excludes halogenated alkanes) is 2. The molecule has 1 N–H and O–H groups in total. The Kier molecular flexibility index (Phi) is 8.72. The Morgan fingerprint density at radius 3 is 2.32 bits per heavy atom. The van der Waals surface area contributed by atoms with Gasteiger partial charge in [0.15, 0.2) is 0 Å². The van der Waals surface area contributed by atoms with Crippen LogP contribution < -0.4 is 5.32 Å². The maximum atomic E-state index is 3.49. The Bertz CT molecular complexity index is 207. The number of nitrogens with one attached hydrogen (secondary N) is 1. The molecule has 2 nitrogen and oxygen atoms in total. The number of rotatable bonds is 9. The van der Waals surface area contributed by atoms with E-state index in [1.165, 1.54) is 64.5 Å². The van der Waals surface area contributed by atoms with Crippen molar-refractivity contribution in [2.45, 2.75) is 84.2 Å². The number of hydrogen-bond donors (Lipinski definition) is 1. The molecule has 1 saturated carbocycles. The van der Waals surface area contributed by atoms with Crippen LogP contribution in [-0.2, 0) is 0 Å². The molecule has 0 radical (unpaired) electrons. The lowest BCUT2D eigenvalue weighted by Crippen LogP contribution is -2.35. The molecule has 19 heavy (non-hydrogen) atoms. The molecule has 0 heterocycles. The van der Waals surface area contributed by atoms with Crippen LogP contribution in [0.3, 0.4) is 0 Å². The van der Waals surface area contributed by atoms with Crippen LogP contribution in [0.5, 0.6) is 0 Å². The molecule has 0 atom stereocenters. The molecular weight excluding hydrogens is 232 g/mol. The molecule has 0 unspecified atom stereocenters. The molecule has 0 aromatic heterocycles. The summed E-state index contributed by atoms with van der Waals surface area (Å²) in [6, 6.07) is 1.51. The monoisotopic (exact) mass is 268 g/mol. The van der Waals surface area contributed by atoms with Gasteiger partial charge in [0, 0.05) is 12.1 Å². The topological polar surface area (TPSA) is 15.3 Å². The third-order valence-corrected chi connectivity index (χ3v) is 4.76. The molecule has 0 spiro atoms. The van der Waals surface area contributed by atoms with Gasteiger partial charge in [0.05, 0.1) is 0 Å². The summed E-state index contributed by atoms with van der Waals surface area (Å²) in [5.41, 5.74) is 0. The van der Waals surface area contributed by atoms with Crippen molar-refractivity contribution < 1.29 is 0 Å². The normalized spacial score (nSPS) is 24.3. The highest BCUT2D eigenvalue weighted by Crippen LogP contribution is 2.28. The van der Waals surface area contributed by atoms with Gasteiger partial charge in [-0.2, -0.15) is 0 Å². The lowest BCUT2D eigenvalue weighted by Gasteiger charge is -2.34. The Morgan fingerprint density at radius 1 is 1.05 bits per heavy atom. The highest BCUT2D eigenvalue weighted by Gasteiger charge is 2.22. The van der Waals surface area contributed by atoms with Gasteiger partial charge in [-0.1, -0.05) is 33.6 Å². The van der Waals surface area contributed by atoms with Crippen molar-refractivity contribution in [3.05, 3.63) is 0 Å². The van der Waals surface area contributed by atoms with Gasteiger partial charge in [0.2, 0.25) is 0 Å². The van der Waals surface area contributed by atoms with E-state index >= 15 is 0 Å². The second kappa shape index (κ2) is 9.77. The van der Waals surface area contributed by atoms with E-state index in [2.05, 4.69) is 38.0 Å². The lowest BCUT2D eigenvalue weighted by molar-refractivity contribution is 0.161. The first-order valence-corrected chi connectivity index (χ1v) is 8.57. The fraction of sp³-hybridized carbons (Fsp3) is 1.00. The predicted octanol–water partition coefficient (Wildman–Crippen LogP) is 4.06. The third-order valence-electron chi connectivity index (χ3n) is 4.76. The zero-order chi connectivity index (χ0) is 14.1. The average molecular weight is 268 g/mol. The maximum absolute atomic E-state index is 3.49. The molecule has 1 aliphatic carbocycles. The van der Waals surface area contributed by atoms with Gasteiger partial charge in [-0.25, -0.2) is 0 Å². The molecule has 114 valence electrons. The number of nitrogens with zero attached hydrogens (tertiary/aromatic N) is 1. The smallest absolute Gasteiger partial charge is 0.00924 e. The molecule has 2 heteroatoms. The average Bonchev–Trinajstić information content (AvgIpc) is 2.42. The van der Waals surface area contributed by atoms with Crippen molar-refractivity contribution in [2.24, 2.45) is 5.92 Å². The Balaban J connectivity index is 2.00. The summed E-state index contributed by atoms with van der Waals surface area (Å²) in [4.78, 5) is 2.63. The van der Waals surface area contributed by atoms with E-state index in [0.29, 0.717) is 6.04 Å². The van der Waals surface area contributed by atoms with E-state index in [1.54, 1.807) is 0 Å². The number of hydrogen-bond acceptors (Lipinski definition) is 2. The zero-order valence-electron chi connectivity index (χ0n) is 13.8. The van der Waals surface area contributed by atoms with Crippen molar-refractivity contribution in [3.8, 4) is 0 Å². The van der Waals surface area contributed by atoms with Crippen molar-refractivity contribution in [1.82, 2.24) is 10.2 Å². The van der Waals surface area contributed by atoms with E-state index in [-0.39, 0.29) is 0 Å². The molecule has 0 amide bonds. The van der Waals surface area contributed by atoms with Gasteiger partial charge < -0.3 is 10.2 Å². The molecule has 0 saturated heterocycles. The van der Waals surface area contributed by atoms with E-state index < -0.39 is 0 Å². The lowest BCUT2D eigenvalue weighted by atomic mass is 9.84. The highest BCUT2D eigenvalue weighted by atomic mass is 15.1. The largest absolute Gasteiger partial charge is 0.315 e. The van der Waals surface area contributed by atoms with E-state index in [0.717, 1.165) is 12.0 Å². The minimum absolute atomic E-state index is 0.636. The van der Waals surface area contributed by atoms with Gasteiger partial charge in [-0.05, 0) is 64.6 Å². The first kappa shape index (κ1) is 17.0. The molecule has 0 bridgehead atoms. The van der Waals surface area contributed by atoms with Crippen LogP contribution in [0.2, 0.25) is 0 Å². The van der Waals surface area contributed by atoms with Crippen LogP contribution in [0.1, 0.15) is 72.1 Å². The van der Waals surface area contributed by atoms with Crippen molar-refractivity contribution in [2.75, 3.05) is 20.1 Å². The summed E-state index contributed by atoms with van der Waals surface area (Å²) < 4.78 is 0. The fourth-order valence-electron chi connectivity index (χ4n) is 3.23. The second-order valence-electron chi connectivity index (χ2n) is 6.73. The van der Waals surface area contributed by atoms with Gasteiger partial charge in [-0.15, -0.1) is 0 Å². The van der Waals surface area contributed by atoms with Crippen molar-refractivity contribution >= 4 is 0 Å². The van der Waals surface area contributed by atoms with Crippen molar-refractivity contribution in [1.29, 1.82) is 0 Å². The van der Waals surface area contributed by atoms with Gasteiger partial charge >= 0.3 is 0 Å². The highest BCUT2D eigenvalue weighted by molar-refractivity contribution is 4.77. The molecule has 0 aliphatic heterocycles. The summed E-state index contributed by atoms with van der Waals surface area (Å²) in [6.07, 6.45) is 11.2. The summed E-state index contributed by atoms with van der Waals surface area (Å²) in [6.45, 7) is 9.27. The van der Waals surface area contributed by atoms with Gasteiger partial charge in [0.25, 0.3) is 0 Å². The zero-order valence-corrected chi connectivity index (χ0v) is 13.8. The van der Waals surface area contributed by atoms with E-state index in [1.807, 2.05) is 0 Å². The molecular formula is C17H36N2. The summed E-state index contributed by atoms with van der Waals surface area (Å²) >= 11 is 0. The Morgan fingerprint density at radius 2 is 1.74 bits per heavy atom. The minimum Gasteiger partial charge on any atom is -0.315 e. The molecule has 1 rings (SSSR count). The fourth-order valence-corrected chi connectivity index (χ4v) is 3.23. The molecule has 1 aliphatic rings. The quantitative estimate of drug-likeness (QED) is 0.635. The maximum Gasteiger partial charge on any atom is 0.00924 e. The van der Waals surface area contributed by atoms with Crippen LogP contribution in [0, 0.1) is 5.92 Å². The van der Waals surface area contributed by atoms with E-state index in [9.17, 15) is 0 Å². The predicted molar refractivity (Wildman–Crippen MR) is 85.7 cm³/mol. The molecule has 1 fully saturated rings. The summed E-state index contributed by atoms with van der Waals surface area (Å²) in [5.74, 6) is 1.02. The SMILES string of the molecule is CCC1CCC(N(C)CCCCCNC(C)C)CC1.